The second kappa shape index (κ2) is 8.19. The molecule has 8 nitrogen and oxygen atoms in total. The van der Waals surface area contributed by atoms with E-state index in [0.717, 1.165) is 11.3 Å². The van der Waals surface area contributed by atoms with Crippen molar-refractivity contribution in [1.82, 2.24) is 19.9 Å². The van der Waals surface area contributed by atoms with Gasteiger partial charge in [0.25, 0.3) is 0 Å². The maximum absolute atomic E-state index is 12.3. The predicted molar refractivity (Wildman–Crippen MR) is 100 cm³/mol. The largest absolute Gasteiger partial charge is 0.497 e. The lowest BCUT2D eigenvalue weighted by Crippen LogP contribution is -2.26. The van der Waals surface area contributed by atoms with Crippen LogP contribution in [-0.2, 0) is 16.4 Å². The Bertz CT molecular complexity index is 983. The Morgan fingerprint density at radius 1 is 0.963 bits per heavy atom. The van der Waals surface area contributed by atoms with E-state index < -0.39 is 10.0 Å². The molecule has 3 rings (SSSR count). The van der Waals surface area contributed by atoms with Crippen LogP contribution >= 0.6 is 0 Å². The molecule has 0 aliphatic rings. The lowest BCUT2D eigenvalue weighted by Gasteiger charge is -2.06. The van der Waals surface area contributed by atoms with E-state index in [4.69, 9.17) is 9.47 Å². The van der Waals surface area contributed by atoms with Crippen LogP contribution in [0.15, 0.2) is 53.4 Å². The Hall–Kier alpha value is -2.91. The zero-order valence-electron chi connectivity index (χ0n) is 15.0. The fourth-order valence-corrected chi connectivity index (χ4v) is 3.45. The number of nitrogens with zero attached hydrogens (tertiary/aromatic N) is 2. The average molecular weight is 388 g/mol. The maximum atomic E-state index is 12.3. The fraction of sp³-hybridized carbons (Fsp3) is 0.222. The van der Waals surface area contributed by atoms with Crippen LogP contribution in [-0.4, -0.2) is 44.4 Å². The summed E-state index contributed by atoms with van der Waals surface area (Å²) < 4.78 is 37.3. The molecule has 0 aliphatic carbocycles. The third kappa shape index (κ3) is 4.63. The molecular formula is C18H20N4O4S. The summed E-state index contributed by atoms with van der Waals surface area (Å²) in [4.78, 5) is 4.57. The highest BCUT2D eigenvalue weighted by atomic mass is 32.2. The summed E-state index contributed by atoms with van der Waals surface area (Å²) in [5, 5.41) is 7.00. The van der Waals surface area contributed by atoms with Gasteiger partial charge in [-0.15, -0.1) is 0 Å². The Morgan fingerprint density at radius 3 is 2.15 bits per heavy atom. The van der Waals surface area contributed by atoms with E-state index in [2.05, 4.69) is 19.9 Å². The van der Waals surface area contributed by atoms with Gasteiger partial charge in [-0.2, -0.15) is 5.10 Å². The van der Waals surface area contributed by atoms with Crippen molar-refractivity contribution < 1.29 is 17.9 Å². The molecule has 9 heteroatoms. The zero-order valence-corrected chi connectivity index (χ0v) is 15.8. The molecule has 0 amide bonds. The molecule has 1 heterocycles. The van der Waals surface area contributed by atoms with Crippen molar-refractivity contribution in [2.24, 2.45) is 0 Å². The van der Waals surface area contributed by atoms with Crippen LogP contribution in [0.3, 0.4) is 0 Å². The Labute approximate surface area is 157 Å². The van der Waals surface area contributed by atoms with Crippen LogP contribution in [0, 0.1) is 0 Å². The van der Waals surface area contributed by atoms with E-state index in [-0.39, 0.29) is 11.4 Å². The molecule has 0 spiro atoms. The number of H-pyrrole nitrogens is 1. The van der Waals surface area contributed by atoms with Gasteiger partial charge in [0.1, 0.15) is 17.3 Å². The zero-order chi connectivity index (χ0) is 19.3. The van der Waals surface area contributed by atoms with Gasteiger partial charge in [0, 0.05) is 18.5 Å². The molecule has 2 N–H and O–H groups in total. The number of nitrogens with one attached hydrogen (secondary N) is 2. The third-order valence-electron chi connectivity index (χ3n) is 3.90. The van der Waals surface area contributed by atoms with Crippen molar-refractivity contribution in [3.8, 4) is 22.9 Å². The van der Waals surface area contributed by atoms with Crippen molar-refractivity contribution >= 4 is 10.0 Å². The summed E-state index contributed by atoms with van der Waals surface area (Å²) in [7, 11) is -0.459. The Kier molecular flexibility index (Phi) is 5.72. The summed E-state index contributed by atoms with van der Waals surface area (Å²) in [5.74, 6) is 2.49. The van der Waals surface area contributed by atoms with Gasteiger partial charge in [0.15, 0.2) is 5.82 Å². The number of methoxy groups -OCH3 is 2. The van der Waals surface area contributed by atoms with Crippen molar-refractivity contribution in [2.45, 2.75) is 11.3 Å². The van der Waals surface area contributed by atoms with Crippen molar-refractivity contribution in [1.29, 1.82) is 0 Å². The molecule has 3 aromatic rings. The minimum Gasteiger partial charge on any atom is -0.497 e. The summed E-state index contributed by atoms with van der Waals surface area (Å²) in [6.07, 6.45) is 0.387. The van der Waals surface area contributed by atoms with Gasteiger partial charge in [-0.1, -0.05) is 0 Å². The molecule has 0 saturated carbocycles. The van der Waals surface area contributed by atoms with Crippen LogP contribution in [0.4, 0.5) is 0 Å². The summed E-state index contributed by atoms with van der Waals surface area (Å²) in [6.45, 7) is 0.200. The average Bonchev–Trinajstić information content (AvgIpc) is 3.17. The minimum atomic E-state index is -3.59. The van der Waals surface area contributed by atoms with Crippen LogP contribution in [0.25, 0.3) is 11.4 Å². The van der Waals surface area contributed by atoms with E-state index in [1.165, 1.54) is 19.2 Å². The third-order valence-corrected chi connectivity index (χ3v) is 5.38. The monoisotopic (exact) mass is 388 g/mol. The van der Waals surface area contributed by atoms with Crippen LogP contribution in [0.2, 0.25) is 0 Å². The maximum Gasteiger partial charge on any atom is 0.240 e. The molecule has 0 atom stereocenters. The van der Waals surface area contributed by atoms with E-state index in [0.29, 0.717) is 23.8 Å². The first kappa shape index (κ1) is 18.9. The second-order valence-electron chi connectivity index (χ2n) is 5.66. The molecule has 0 saturated heterocycles. The van der Waals surface area contributed by atoms with E-state index >= 15 is 0 Å². The predicted octanol–water partition coefficient (Wildman–Crippen LogP) is 2.01. The smallest absolute Gasteiger partial charge is 0.240 e. The van der Waals surface area contributed by atoms with Gasteiger partial charge in [-0.3, -0.25) is 5.10 Å². The summed E-state index contributed by atoms with van der Waals surface area (Å²) >= 11 is 0. The number of hydrogen-bond donors (Lipinski definition) is 2. The van der Waals surface area contributed by atoms with Crippen molar-refractivity contribution in [3.63, 3.8) is 0 Å². The molecule has 0 aliphatic heterocycles. The number of sulfonamides is 1. The number of benzene rings is 2. The molecule has 0 fully saturated rings. The van der Waals surface area contributed by atoms with Gasteiger partial charge in [0.2, 0.25) is 10.0 Å². The highest BCUT2D eigenvalue weighted by Crippen LogP contribution is 2.19. The van der Waals surface area contributed by atoms with E-state index in [1.54, 1.807) is 19.2 Å². The Morgan fingerprint density at radius 2 is 1.56 bits per heavy atom. The first-order valence-electron chi connectivity index (χ1n) is 8.21. The van der Waals surface area contributed by atoms with Crippen molar-refractivity contribution in [2.75, 3.05) is 20.8 Å². The summed E-state index contributed by atoms with van der Waals surface area (Å²) in [5.41, 5.74) is 0.845. The number of rotatable bonds is 8. The normalized spacial score (nSPS) is 11.3. The van der Waals surface area contributed by atoms with Gasteiger partial charge in [-0.25, -0.2) is 18.1 Å². The quantitative estimate of drug-likeness (QED) is 0.611. The van der Waals surface area contributed by atoms with E-state index in [9.17, 15) is 8.42 Å². The van der Waals surface area contributed by atoms with Crippen LogP contribution in [0.1, 0.15) is 5.82 Å². The lowest BCUT2D eigenvalue weighted by molar-refractivity contribution is 0.414. The molecule has 0 unspecified atom stereocenters. The number of aromatic amines is 1. The van der Waals surface area contributed by atoms with Gasteiger partial charge < -0.3 is 9.47 Å². The number of ether oxygens (including phenoxy) is 2. The second-order valence-corrected chi connectivity index (χ2v) is 7.42. The standard InChI is InChI=1S/C18H20N4O4S/c1-25-14-5-3-13(4-6-14)18-20-17(21-22-18)11-12-19-27(23,24)16-9-7-15(26-2)8-10-16/h3-10,19H,11-12H2,1-2H3,(H,20,21,22). The van der Waals surface area contributed by atoms with Gasteiger partial charge in [-0.05, 0) is 48.5 Å². The first-order chi connectivity index (χ1) is 13.0. The topological polar surface area (TPSA) is 106 Å². The van der Waals surface area contributed by atoms with Crippen molar-refractivity contribution in [3.05, 3.63) is 54.4 Å². The van der Waals surface area contributed by atoms with Gasteiger partial charge >= 0.3 is 0 Å². The fourth-order valence-electron chi connectivity index (χ4n) is 2.42. The summed E-state index contributed by atoms with van der Waals surface area (Å²) in [6, 6.07) is 13.6. The number of hydrogen-bond acceptors (Lipinski definition) is 6. The van der Waals surface area contributed by atoms with Crippen LogP contribution in [0.5, 0.6) is 11.5 Å². The van der Waals surface area contributed by atoms with Gasteiger partial charge in [0.05, 0.1) is 19.1 Å². The van der Waals surface area contributed by atoms with Crippen LogP contribution < -0.4 is 14.2 Å². The number of aromatic nitrogens is 3. The molecule has 0 bridgehead atoms. The molecule has 0 radical (unpaired) electrons. The highest BCUT2D eigenvalue weighted by molar-refractivity contribution is 7.89. The lowest BCUT2D eigenvalue weighted by atomic mass is 10.2. The minimum absolute atomic E-state index is 0.180. The molecule has 142 valence electrons. The SMILES string of the molecule is COc1ccc(-c2n[nH]c(CCNS(=O)(=O)c3ccc(OC)cc3)n2)cc1. The Balaban J connectivity index is 1.59. The van der Waals surface area contributed by atoms with E-state index in [1.807, 2.05) is 24.3 Å². The molecule has 1 aromatic heterocycles. The molecule has 27 heavy (non-hydrogen) atoms. The molecule has 2 aromatic carbocycles. The molecular weight excluding hydrogens is 368 g/mol. The first-order valence-corrected chi connectivity index (χ1v) is 9.69. The highest BCUT2D eigenvalue weighted by Gasteiger charge is 2.14.